The molecular weight excluding hydrogens is 194 g/mol. The smallest absolute Gasteiger partial charge is 0.0991 e. The summed E-state index contributed by atoms with van der Waals surface area (Å²) in [6, 6.07) is 0. The minimum atomic E-state index is -0.0257. The highest BCUT2D eigenvalue weighted by molar-refractivity contribution is 7.07. The van der Waals surface area contributed by atoms with Gasteiger partial charge in [-0.1, -0.05) is 20.8 Å². The van der Waals surface area contributed by atoms with Gasteiger partial charge < -0.3 is 5.73 Å². The number of hydrogen-bond acceptors (Lipinski definition) is 3. The van der Waals surface area contributed by atoms with E-state index in [1.807, 2.05) is 10.9 Å². The van der Waals surface area contributed by atoms with E-state index in [1.54, 1.807) is 11.3 Å². The standard InChI is InChI=1S/C10H17N3S/c1-10(2,3)9(11)12-5-4-8-6-14-7-13-8/h6-7H,4-5H2,1-3H3,(H2,11,12). The largest absolute Gasteiger partial charge is 0.387 e. The summed E-state index contributed by atoms with van der Waals surface area (Å²) in [6.45, 7) is 6.92. The fraction of sp³-hybridized carbons (Fsp3) is 0.600. The van der Waals surface area contributed by atoms with Gasteiger partial charge in [0, 0.05) is 23.8 Å². The van der Waals surface area contributed by atoms with E-state index >= 15 is 0 Å². The summed E-state index contributed by atoms with van der Waals surface area (Å²) >= 11 is 1.61. The molecule has 0 unspecified atom stereocenters. The second-order valence-electron chi connectivity index (χ2n) is 4.25. The summed E-state index contributed by atoms with van der Waals surface area (Å²) in [5.74, 6) is 0.715. The summed E-state index contributed by atoms with van der Waals surface area (Å²) < 4.78 is 0. The molecule has 0 aliphatic heterocycles. The SMILES string of the molecule is CC(C)(C)C(N)=NCCc1cscn1. The Morgan fingerprint density at radius 3 is 2.79 bits per heavy atom. The number of rotatable bonds is 3. The van der Waals surface area contributed by atoms with Crippen molar-refractivity contribution in [2.45, 2.75) is 27.2 Å². The maximum atomic E-state index is 5.82. The normalized spacial score (nSPS) is 13.2. The molecule has 0 saturated carbocycles. The van der Waals surface area contributed by atoms with E-state index in [0.717, 1.165) is 18.7 Å². The molecule has 0 radical (unpaired) electrons. The molecule has 78 valence electrons. The molecule has 14 heavy (non-hydrogen) atoms. The van der Waals surface area contributed by atoms with Crippen LogP contribution in [0.3, 0.4) is 0 Å². The van der Waals surface area contributed by atoms with Crippen molar-refractivity contribution in [3.63, 3.8) is 0 Å². The molecule has 1 aromatic rings. The van der Waals surface area contributed by atoms with Gasteiger partial charge in [0.2, 0.25) is 0 Å². The summed E-state index contributed by atoms with van der Waals surface area (Å²) in [7, 11) is 0. The van der Waals surface area contributed by atoms with Gasteiger partial charge in [-0.3, -0.25) is 4.99 Å². The van der Waals surface area contributed by atoms with Crippen LogP contribution in [0.5, 0.6) is 0 Å². The Morgan fingerprint density at radius 2 is 2.29 bits per heavy atom. The van der Waals surface area contributed by atoms with Gasteiger partial charge >= 0.3 is 0 Å². The Hall–Kier alpha value is -0.900. The number of amidine groups is 1. The highest BCUT2D eigenvalue weighted by Crippen LogP contribution is 2.12. The molecule has 4 heteroatoms. The molecule has 0 atom stereocenters. The van der Waals surface area contributed by atoms with Gasteiger partial charge in [0.15, 0.2) is 0 Å². The maximum absolute atomic E-state index is 5.82. The molecule has 0 aromatic carbocycles. The first-order valence-electron chi connectivity index (χ1n) is 4.67. The number of aromatic nitrogens is 1. The van der Waals surface area contributed by atoms with Gasteiger partial charge in [-0.05, 0) is 0 Å². The van der Waals surface area contributed by atoms with Gasteiger partial charge in [0.1, 0.15) is 0 Å². The average molecular weight is 211 g/mol. The minimum Gasteiger partial charge on any atom is -0.387 e. The van der Waals surface area contributed by atoms with Crippen molar-refractivity contribution in [1.82, 2.24) is 4.98 Å². The molecule has 3 nitrogen and oxygen atoms in total. The Labute approximate surface area is 89.1 Å². The first kappa shape index (κ1) is 11.2. The van der Waals surface area contributed by atoms with Crippen LogP contribution < -0.4 is 5.73 Å². The number of thiazole rings is 1. The first-order chi connectivity index (χ1) is 6.50. The van der Waals surface area contributed by atoms with Gasteiger partial charge in [-0.2, -0.15) is 0 Å². The van der Waals surface area contributed by atoms with Crippen molar-refractivity contribution in [1.29, 1.82) is 0 Å². The second kappa shape index (κ2) is 4.55. The number of aliphatic imine (C=N–C) groups is 1. The third-order valence-corrected chi connectivity index (χ3v) is 2.54. The zero-order chi connectivity index (χ0) is 10.6. The predicted octanol–water partition coefficient (Wildman–Crippen LogP) is 2.09. The summed E-state index contributed by atoms with van der Waals surface area (Å²) in [5, 5.41) is 2.04. The molecule has 0 amide bonds. The minimum absolute atomic E-state index is 0.0257. The molecule has 1 heterocycles. The average Bonchev–Trinajstić information content (AvgIpc) is 2.55. The molecule has 1 rings (SSSR count). The van der Waals surface area contributed by atoms with Crippen LogP contribution >= 0.6 is 11.3 Å². The lowest BCUT2D eigenvalue weighted by atomic mass is 9.95. The highest BCUT2D eigenvalue weighted by atomic mass is 32.1. The molecule has 1 aromatic heterocycles. The number of hydrogen-bond donors (Lipinski definition) is 1. The molecule has 0 aliphatic carbocycles. The third kappa shape index (κ3) is 3.46. The monoisotopic (exact) mass is 211 g/mol. The lowest BCUT2D eigenvalue weighted by molar-refractivity contribution is 0.581. The first-order valence-corrected chi connectivity index (χ1v) is 5.62. The maximum Gasteiger partial charge on any atom is 0.0991 e. The molecule has 0 spiro atoms. The zero-order valence-corrected chi connectivity index (χ0v) is 9.77. The quantitative estimate of drug-likeness (QED) is 0.615. The van der Waals surface area contributed by atoms with Crippen LogP contribution in [0.25, 0.3) is 0 Å². The Balaban J connectivity index is 2.41. The van der Waals surface area contributed by atoms with E-state index in [0.29, 0.717) is 5.84 Å². The van der Waals surface area contributed by atoms with Gasteiger partial charge in [0.25, 0.3) is 0 Å². The molecular formula is C10H17N3S. The summed E-state index contributed by atoms with van der Waals surface area (Å²) in [6.07, 6.45) is 0.875. The van der Waals surface area contributed by atoms with Gasteiger partial charge in [-0.15, -0.1) is 11.3 Å². The lowest BCUT2D eigenvalue weighted by Gasteiger charge is -2.17. The number of nitrogens with zero attached hydrogens (tertiary/aromatic N) is 2. The van der Waals surface area contributed by atoms with E-state index in [2.05, 4.69) is 30.7 Å². The number of nitrogens with two attached hydrogens (primary N) is 1. The lowest BCUT2D eigenvalue weighted by Crippen LogP contribution is -2.29. The van der Waals surface area contributed by atoms with Crippen LogP contribution in [0.2, 0.25) is 0 Å². The van der Waals surface area contributed by atoms with Crippen molar-refractivity contribution in [3.05, 3.63) is 16.6 Å². The van der Waals surface area contributed by atoms with Crippen LogP contribution in [0.15, 0.2) is 15.9 Å². The second-order valence-corrected chi connectivity index (χ2v) is 4.97. The van der Waals surface area contributed by atoms with E-state index in [1.165, 1.54) is 0 Å². The Bertz CT molecular complexity index is 296. The van der Waals surface area contributed by atoms with Crippen LogP contribution in [0, 0.1) is 5.41 Å². The van der Waals surface area contributed by atoms with Crippen LogP contribution in [0.4, 0.5) is 0 Å². The Morgan fingerprint density at radius 1 is 1.57 bits per heavy atom. The Kier molecular flexibility index (Phi) is 3.63. The van der Waals surface area contributed by atoms with E-state index in [4.69, 9.17) is 5.73 Å². The zero-order valence-electron chi connectivity index (χ0n) is 8.95. The van der Waals surface area contributed by atoms with E-state index in [9.17, 15) is 0 Å². The molecule has 0 bridgehead atoms. The highest BCUT2D eigenvalue weighted by Gasteiger charge is 2.14. The van der Waals surface area contributed by atoms with Crippen molar-refractivity contribution in [2.24, 2.45) is 16.1 Å². The van der Waals surface area contributed by atoms with E-state index < -0.39 is 0 Å². The van der Waals surface area contributed by atoms with Crippen molar-refractivity contribution in [3.8, 4) is 0 Å². The van der Waals surface area contributed by atoms with Crippen LogP contribution in [-0.4, -0.2) is 17.4 Å². The summed E-state index contributed by atoms with van der Waals surface area (Å²) in [5.41, 5.74) is 8.73. The van der Waals surface area contributed by atoms with Gasteiger partial charge in [0.05, 0.1) is 17.0 Å². The van der Waals surface area contributed by atoms with Crippen molar-refractivity contribution >= 4 is 17.2 Å². The summed E-state index contributed by atoms with van der Waals surface area (Å²) in [4.78, 5) is 8.51. The predicted molar refractivity (Wildman–Crippen MR) is 61.8 cm³/mol. The fourth-order valence-corrected chi connectivity index (χ4v) is 1.48. The van der Waals surface area contributed by atoms with Gasteiger partial charge in [-0.25, -0.2) is 4.98 Å². The topological polar surface area (TPSA) is 51.3 Å². The van der Waals surface area contributed by atoms with Crippen LogP contribution in [0.1, 0.15) is 26.5 Å². The molecule has 0 saturated heterocycles. The molecule has 0 fully saturated rings. The molecule has 0 aliphatic rings. The van der Waals surface area contributed by atoms with Crippen molar-refractivity contribution in [2.75, 3.05) is 6.54 Å². The fourth-order valence-electron chi connectivity index (χ4n) is 0.889. The molecule has 2 N–H and O–H groups in total. The van der Waals surface area contributed by atoms with Crippen LogP contribution in [-0.2, 0) is 6.42 Å². The third-order valence-electron chi connectivity index (χ3n) is 1.90. The van der Waals surface area contributed by atoms with Crippen molar-refractivity contribution < 1.29 is 0 Å². The van der Waals surface area contributed by atoms with E-state index in [-0.39, 0.29) is 5.41 Å².